The van der Waals surface area contributed by atoms with Crippen LogP contribution in [0.25, 0.3) is 11.0 Å². The number of methoxy groups -OCH3 is 1. The van der Waals surface area contributed by atoms with Gasteiger partial charge in [0, 0.05) is 5.75 Å². The summed E-state index contributed by atoms with van der Waals surface area (Å²) in [7, 11) is 1.36. The largest absolute Gasteiger partial charge is 0.492 e. The summed E-state index contributed by atoms with van der Waals surface area (Å²) in [6.07, 6.45) is 0. The lowest BCUT2D eigenvalue weighted by Gasteiger charge is -2.09. The number of rotatable bonds is 6. The van der Waals surface area contributed by atoms with Crippen molar-refractivity contribution in [2.24, 2.45) is 0 Å². The molecule has 3 aromatic rings. The maximum absolute atomic E-state index is 11.7. The Balaban J connectivity index is 1.57. The monoisotopic (exact) mass is 328 g/mol. The average molecular weight is 328 g/mol. The second kappa shape index (κ2) is 7.19. The van der Waals surface area contributed by atoms with E-state index in [-0.39, 0.29) is 0 Å². The summed E-state index contributed by atoms with van der Waals surface area (Å²) in [5.74, 6) is 0.852. The number of thioether (sulfide) groups is 1. The predicted octanol–water partition coefficient (Wildman–Crippen LogP) is 3.52. The number of carbonyl (C=O) groups excluding carboxylic acids is 1. The zero-order valence-corrected chi connectivity index (χ0v) is 13.4. The minimum absolute atomic E-state index is 0.398. The number of aromatic nitrogens is 2. The first kappa shape index (κ1) is 15.4. The molecule has 6 heteroatoms. The van der Waals surface area contributed by atoms with Crippen LogP contribution >= 0.6 is 11.8 Å². The number of H-pyrrole nitrogens is 1. The first-order chi connectivity index (χ1) is 11.3. The fourth-order valence-electron chi connectivity index (χ4n) is 2.16. The third kappa shape index (κ3) is 3.65. The van der Waals surface area contributed by atoms with E-state index in [9.17, 15) is 4.79 Å². The Bertz CT molecular complexity index is 783. The molecule has 5 nitrogen and oxygen atoms in total. The van der Waals surface area contributed by atoms with E-state index in [2.05, 4.69) is 9.97 Å². The number of hydrogen-bond acceptors (Lipinski definition) is 5. The number of para-hydroxylation sites is 3. The SMILES string of the molecule is COC(=O)c1ccccc1OCCSc1nc2ccccc2[nH]1. The van der Waals surface area contributed by atoms with Crippen LogP contribution in [0.15, 0.2) is 53.7 Å². The zero-order chi connectivity index (χ0) is 16.1. The van der Waals surface area contributed by atoms with Gasteiger partial charge in [-0.2, -0.15) is 0 Å². The highest BCUT2D eigenvalue weighted by atomic mass is 32.2. The van der Waals surface area contributed by atoms with Crippen LogP contribution < -0.4 is 4.74 Å². The molecule has 0 amide bonds. The van der Waals surface area contributed by atoms with Gasteiger partial charge in [-0.25, -0.2) is 9.78 Å². The summed E-state index contributed by atoms with van der Waals surface area (Å²) < 4.78 is 10.4. The first-order valence-electron chi connectivity index (χ1n) is 7.15. The van der Waals surface area contributed by atoms with Crippen LogP contribution in [-0.4, -0.2) is 35.4 Å². The number of esters is 1. The molecule has 0 saturated carbocycles. The van der Waals surface area contributed by atoms with E-state index in [4.69, 9.17) is 9.47 Å². The summed E-state index contributed by atoms with van der Waals surface area (Å²) in [5.41, 5.74) is 2.41. The minimum Gasteiger partial charge on any atom is -0.492 e. The van der Waals surface area contributed by atoms with Crippen molar-refractivity contribution < 1.29 is 14.3 Å². The second-order valence-corrected chi connectivity index (χ2v) is 5.83. The second-order valence-electron chi connectivity index (χ2n) is 4.74. The van der Waals surface area contributed by atoms with Gasteiger partial charge in [0.25, 0.3) is 0 Å². The van der Waals surface area contributed by atoms with Gasteiger partial charge < -0.3 is 14.5 Å². The summed E-state index contributed by atoms with van der Waals surface area (Å²) in [6.45, 7) is 0.468. The number of benzene rings is 2. The van der Waals surface area contributed by atoms with Crippen molar-refractivity contribution in [3.8, 4) is 5.75 Å². The molecule has 0 spiro atoms. The van der Waals surface area contributed by atoms with Crippen molar-refractivity contribution in [2.45, 2.75) is 5.16 Å². The van der Waals surface area contributed by atoms with Crippen molar-refractivity contribution in [1.29, 1.82) is 0 Å². The fraction of sp³-hybridized carbons (Fsp3) is 0.176. The van der Waals surface area contributed by atoms with E-state index in [0.29, 0.717) is 17.9 Å². The third-order valence-electron chi connectivity index (χ3n) is 3.24. The summed E-state index contributed by atoms with van der Waals surface area (Å²) in [5, 5.41) is 0.857. The van der Waals surface area contributed by atoms with Crippen LogP contribution in [0.5, 0.6) is 5.75 Å². The quantitative estimate of drug-likeness (QED) is 0.426. The Morgan fingerprint density at radius 2 is 1.96 bits per heavy atom. The number of aromatic amines is 1. The lowest BCUT2D eigenvalue weighted by Crippen LogP contribution is -2.07. The Hall–Kier alpha value is -2.47. The van der Waals surface area contributed by atoms with Crippen LogP contribution in [-0.2, 0) is 4.74 Å². The van der Waals surface area contributed by atoms with Crippen molar-refractivity contribution >= 4 is 28.8 Å². The smallest absolute Gasteiger partial charge is 0.341 e. The molecular weight excluding hydrogens is 312 g/mol. The highest BCUT2D eigenvalue weighted by Gasteiger charge is 2.12. The van der Waals surface area contributed by atoms with E-state index in [1.165, 1.54) is 7.11 Å². The number of hydrogen-bond donors (Lipinski definition) is 1. The van der Waals surface area contributed by atoms with Gasteiger partial charge in [0.15, 0.2) is 5.16 Å². The molecule has 0 bridgehead atoms. The van der Waals surface area contributed by atoms with Crippen LogP contribution in [0.2, 0.25) is 0 Å². The fourth-order valence-corrected chi connectivity index (χ4v) is 2.86. The van der Waals surface area contributed by atoms with Crippen molar-refractivity contribution in [3.05, 3.63) is 54.1 Å². The summed E-state index contributed by atoms with van der Waals surface area (Å²) in [6, 6.07) is 15.0. The molecule has 1 N–H and O–H groups in total. The Labute approximate surface area is 138 Å². The molecule has 0 aliphatic carbocycles. The molecule has 0 radical (unpaired) electrons. The molecule has 0 aliphatic rings. The molecule has 1 aromatic heterocycles. The summed E-state index contributed by atoms with van der Waals surface area (Å²) in [4.78, 5) is 19.4. The van der Waals surface area contributed by atoms with Gasteiger partial charge in [-0.05, 0) is 24.3 Å². The van der Waals surface area contributed by atoms with Crippen molar-refractivity contribution in [1.82, 2.24) is 9.97 Å². The highest BCUT2D eigenvalue weighted by Crippen LogP contribution is 2.21. The molecule has 1 heterocycles. The lowest BCUT2D eigenvalue weighted by molar-refractivity contribution is 0.0596. The number of imidazole rings is 1. The average Bonchev–Trinajstić information content (AvgIpc) is 3.01. The lowest BCUT2D eigenvalue weighted by atomic mass is 10.2. The number of carbonyl (C=O) groups is 1. The van der Waals surface area contributed by atoms with Gasteiger partial charge >= 0.3 is 5.97 Å². The normalized spacial score (nSPS) is 10.7. The van der Waals surface area contributed by atoms with Gasteiger partial charge in [0.2, 0.25) is 0 Å². The van der Waals surface area contributed by atoms with Gasteiger partial charge in [-0.15, -0.1) is 0 Å². The molecule has 3 rings (SSSR count). The predicted molar refractivity (Wildman–Crippen MR) is 90.1 cm³/mol. The Morgan fingerprint density at radius 1 is 1.17 bits per heavy atom. The third-order valence-corrected chi connectivity index (χ3v) is 4.08. The number of nitrogens with one attached hydrogen (secondary N) is 1. The molecule has 0 aliphatic heterocycles. The standard InChI is InChI=1S/C17H16N2O3S/c1-21-16(20)12-6-2-5-9-15(12)22-10-11-23-17-18-13-7-3-4-8-14(13)19-17/h2-9H,10-11H2,1H3,(H,18,19). The van der Waals surface area contributed by atoms with Gasteiger partial charge in [-0.3, -0.25) is 0 Å². The Kier molecular flexibility index (Phi) is 4.83. The highest BCUT2D eigenvalue weighted by molar-refractivity contribution is 7.99. The van der Waals surface area contributed by atoms with E-state index >= 15 is 0 Å². The molecule has 0 atom stereocenters. The maximum Gasteiger partial charge on any atom is 0.341 e. The molecule has 23 heavy (non-hydrogen) atoms. The summed E-state index contributed by atoms with van der Waals surface area (Å²) >= 11 is 1.58. The Morgan fingerprint density at radius 3 is 2.78 bits per heavy atom. The van der Waals surface area contributed by atoms with E-state index in [1.807, 2.05) is 30.3 Å². The zero-order valence-electron chi connectivity index (χ0n) is 12.6. The molecule has 2 aromatic carbocycles. The van der Waals surface area contributed by atoms with Crippen LogP contribution in [0.4, 0.5) is 0 Å². The van der Waals surface area contributed by atoms with Crippen molar-refractivity contribution in [2.75, 3.05) is 19.5 Å². The first-order valence-corrected chi connectivity index (χ1v) is 8.14. The van der Waals surface area contributed by atoms with Crippen LogP contribution in [0, 0.1) is 0 Å². The molecule has 0 saturated heterocycles. The molecule has 0 fully saturated rings. The molecular formula is C17H16N2O3S. The topological polar surface area (TPSA) is 64.2 Å². The number of nitrogens with zero attached hydrogens (tertiary/aromatic N) is 1. The van der Waals surface area contributed by atoms with E-state index in [0.717, 1.165) is 21.9 Å². The number of fused-ring (bicyclic) bond motifs is 1. The number of ether oxygens (including phenoxy) is 2. The van der Waals surface area contributed by atoms with E-state index < -0.39 is 5.97 Å². The van der Waals surface area contributed by atoms with Crippen LogP contribution in [0.1, 0.15) is 10.4 Å². The van der Waals surface area contributed by atoms with Gasteiger partial charge in [-0.1, -0.05) is 36.0 Å². The van der Waals surface area contributed by atoms with Gasteiger partial charge in [0.05, 0.1) is 24.8 Å². The molecule has 0 unspecified atom stereocenters. The minimum atomic E-state index is -0.398. The van der Waals surface area contributed by atoms with E-state index in [1.54, 1.807) is 30.0 Å². The maximum atomic E-state index is 11.7. The van der Waals surface area contributed by atoms with Crippen molar-refractivity contribution in [3.63, 3.8) is 0 Å². The molecule has 118 valence electrons. The van der Waals surface area contributed by atoms with Crippen LogP contribution in [0.3, 0.4) is 0 Å². The van der Waals surface area contributed by atoms with Gasteiger partial charge in [0.1, 0.15) is 11.3 Å².